The van der Waals surface area contributed by atoms with E-state index in [0.717, 1.165) is 39.4 Å². The molecule has 0 saturated carbocycles. The second-order valence-corrected chi connectivity index (χ2v) is 14.6. The first kappa shape index (κ1) is 44.3. The Morgan fingerprint density at radius 1 is 0.468 bits per heavy atom. The summed E-state index contributed by atoms with van der Waals surface area (Å²) in [7, 11) is 0. The fourth-order valence-electron chi connectivity index (χ4n) is 7.11. The molecular weight excluding hydrogens is 576 g/mol. The number of β-amino-alcohol motifs (C(OH)–C–C–N with tert-alkyl or cyclic N) is 1. The lowest BCUT2D eigenvalue weighted by Gasteiger charge is -2.30. The molecule has 1 heterocycles. The molecule has 278 valence electrons. The Hall–Kier alpha value is -0.680. The van der Waals surface area contributed by atoms with E-state index in [2.05, 4.69) is 48.0 Å². The van der Waals surface area contributed by atoms with E-state index in [0.29, 0.717) is 6.17 Å². The molecule has 0 aromatic heterocycles. The van der Waals surface area contributed by atoms with Gasteiger partial charge in [0.2, 0.25) is 0 Å². The summed E-state index contributed by atoms with van der Waals surface area (Å²) in [5.74, 6) is 0. The van der Waals surface area contributed by atoms with Crippen molar-refractivity contribution in [2.45, 2.75) is 206 Å². The standard InChI is InChI=1S/C43H84N2O2/c1-3-5-7-9-11-13-15-17-19-21-23-25-27-29-31-33-35-43-44(38-40-46)36-37-45(43)39-42-47-41-34-32-30-28-26-24-22-20-18-16-14-12-10-8-6-4-2/h17-20,43,46H,3-16,21-42H2,1-2H3/b19-17-,20-18-. The third-order valence-corrected chi connectivity index (χ3v) is 10.2. The van der Waals surface area contributed by atoms with Crippen molar-refractivity contribution in [3.8, 4) is 0 Å². The van der Waals surface area contributed by atoms with E-state index in [1.165, 1.54) is 186 Å². The van der Waals surface area contributed by atoms with Crippen molar-refractivity contribution in [3.05, 3.63) is 24.3 Å². The van der Waals surface area contributed by atoms with Gasteiger partial charge in [-0.1, -0.05) is 160 Å². The van der Waals surface area contributed by atoms with Crippen LogP contribution in [-0.2, 0) is 4.74 Å². The molecule has 47 heavy (non-hydrogen) atoms. The molecular formula is C43H84N2O2. The van der Waals surface area contributed by atoms with Crippen LogP contribution in [0.15, 0.2) is 24.3 Å². The van der Waals surface area contributed by atoms with Crippen LogP contribution >= 0.6 is 0 Å². The molecule has 1 aliphatic rings. The maximum atomic E-state index is 9.60. The van der Waals surface area contributed by atoms with Crippen molar-refractivity contribution in [2.24, 2.45) is 0 Å². The molecule has 0 spiro atoms. The highest BCUT2D eigenvalue weighted by Gasteiger charge is 2.30. The van der Waals surface area contributed by atoms with Crippen molar-refractivity contribution in [2.75, 3.05) is 46.0 Å². The molecule has 4 heteroatoms. The Balaban J connectivity index is 1.96. The number of nitrogens with zero attached hydrogens (tertiary/aromatic N) is 2. The average molecular weight is 661 g/mol. The summed E-state index contributed by atoms with van der Waals surface area (Å²) in [5, 5.41) is 9.60. The highest BCUT2D eigenvalue weighted by atomic mass is 16.5. The van der Waals surface area contributed by atoms with Crippen LogP contribution in [0.4, 0.5) is 0 Å². The maximum Gasteiger partial charge on any atom is 0.0624 e. The van der Waals surface area contributed by atoms with Gasteiger partial charge in [0.15, 0.2) is 0 Å². The third kappa shape index (κ3) is 28.8. The molecule has 1 N–H and O–H groups in total. The van der Waals surface area contributed by atoms with Crippen molar-refractivity contribution in [1.29, 1.82) is 0 Å². The Morgan fingerprint density at radius 2 is 0.851 bits per heavy atom. The minimum Gasteiger partial charge on any atom is -0.395 e. The van der Waals surface area contributed by atoms with Crippen LogP contribution in [0.1, 0.15) is 200 Å². The monoisotopic (exact) mass is 661 g/mol. The molecule has 1 rings (SSSR count). The van der Waals surface area contributed by atoms with Gasteiger partial charge in [0.05, 0.1) is 19.4 Å². The third-order valence-electron chi connectivity index (χ3n) is 10.2. The SMILES string of the molecule is CCCCCCCC/C=C\CCCCCCCCOCCN1CCN(CCO)C1CCCCCCCC/C=C\CCCCCCCC. The predicted molar refractivity (Wildman–Crippen MR) is 208 cm³/mol. The molecule has 0 amide bonds. The summed E-state index contributed by atoms with van der Waals surface area (Å²) in [6.07, 6.45) is 49.4. The number of aliphatic hydroxyl groups is 1. The minimum atomic E-state index is 0.268. The molecule has 0 aromatic carbocycles. The molecule has 1 saturated heterocycles. The first-order chi connectivity index (χ1) is 23.3. The zero-order valence-electron chi connectivity index (χ0n) is 32.1. The van der Waals surface area contributed by atoms with Crippen LogP contribution in [0, 0.1) is 0 Å². The van der Waals surface area contributed by atoms with Gasteiger partial charge in [-0.25, -0.2) is 0 Å². The molecule has 0 bridgehead atoms. The first-order valence-electron chi connectivity index (χ1n) is 21.3. The van der Waals surface area contributed by atoms with E-state index in [-0.39, 0.29) is 6.61 Å². The first-order valence-corrected chi connectivity index (χ1v) is 21.3. The Kier molecular flexibility index (Phi) is 34.5. The second kappa shape index (κ2) is 36.6. The van der Waals surface area contributed by atoms with Gasteiger partial charge in [0.25, 0.3) is 0 Å². The van der Waals surface area contributed by atoms with E-state index in [4.69, 9.17) is 4.74 Å². The molecule has 0 aliphatic carbocycles. The van der Waals surface area contributed by atoms with Crippen LogP contribution in [0.25, 0.3) is 0 Å². The maximum absolute atomic E-state index is 9.60. The summed E-state index contributed by atoms with van der Waals surface area (Å²) in [6.45, 7) is 10.7. The molecule has 0 radical (unpaired) electrons. The highest BCUT2D eigenvalue weighted by Crippen LogP contribution is 2.21. The van der Waals surface area contributed by atoms with Crippen molar-refractivity contribution >= 4 is 0 Å². The van der Waals surface area contributed by atoms with Gasteiger partial charge < -0.3 is 9.84 Å². The van der Waals surface area contributed by atoms with Gasteiger partial charge in [-0.15, -0.1) is 0 Å². The number of ether oxygens (including phenoxy) is 1. The average Bonchev–Trinajstić information content (AvgIpc) is 3.46. The van der Waals surface area contributed by atoms with Gasteiger partial charge in [-0.2, -0.15) is 0 Å². The lowest BCUT2D eigenvalue weighted by atomic mass is 10.1. The van der Waals surface area contributed by atoms with E-state index in [1.807, 2.05) is 0 Å². The lowest BCUT2D eigenvalue weighted by Crippen LogP contribution is -2.41. The molecule has 0 aromatic rings. The molecule has 1 aliphatic heterocycles. The molecule has 1 atom stereocenters. The van der Waals surface area contributed by atoms with Gasteiger partial charge in [-0.3, -0.25) is 9.80 Å². The van der Waals surface area contributed by atoms with Gasteiger partial charge in [0.1, 0.15) is 0 Å². The van der Waals surface area contributed by atoms with E-state index >= 15 is 0 Å². The van der Waals surface area contributed by atoms with Crippen molar-refractivity contribution in [3.63, 3.8) is 0 Å². The van der Waals surface area contributed by atoms with Crippen molar-refractivity contribution < 1.29 is 9.84 Å². The predicted octanol–water partition coefficient (Wildman–Crippen LogP) is 12.4. The number of hydrogen-bond donors (Lipinski definition) is 1. The molecule has 4 nitrogen and oxygen atoms in total. The van der Waals surface area contributed by atoms with Crippen LogP contribution in [0.2, 0.25) is 0 Å². The Bertz CT molecular complexity index is 666. The highest BCUT2D eigenvalue weighted by molar-refractivity contribution is 4.83. The van der Waals surface area contributed by atoms with E-state index in [9.17, 15) is 5.11 Å². The molecule has 1 fully saturated rings. The number of aliphatic hydroxyl groups excluding tert-OH is 1. The number of unbranched alkanes of at least 4 members (excludes halogenated alkanes) is 24. The Labute approximate surface area is 295 Å². The quantitative estimate of drug-likeness (QED) is 0.0531. The summed E-state index contributed by atoms with van der Waals surface area (Å²) >= 11 is 0. The van der Waals surface area contributed by atoms with Crippen LogP contribution in [0.3, 0.4) is 0 Å². The van der Waals surface area contributed by atoms with E-state index < -0.39 is 0 Å². The lowest BCUT2D eigenvalue weighted by molar-refractivity contribution is 0.0634. The summed E-state index contributed by atoms with van der Waals surface area (Å²) in [5.41, 5.74) is 0. The normalized spacial score (nSPS) is 16.1. The topological polar surface area (TPSA) is 35.9 Å². The van der Waals surface area contributed by atoms with Crippen molar-refractivity contribution in [1.82, 2.24) is 9.80 Å². The number of allylic oxidation sites excluding steroid dienone is 4. The summed E-state index contributed by atoms with van der Waals surface area (Å²) in [6, 6.07) is 0. The second-order valence-electron chi connectivity index (χ2n) is 14.6. The zero-order chi connectivity index (χ0) is 33.7. The van der Waals surface area contributed by atoms with Gasteiger partial charge in [0, 0.05) is 32.8 Å². The number of hydrogen-bond acceptors (Lipinski definition) is 4. The van der Waals surface area contributed by atoms with Crippen LogP contribution in [0.5, 0.6) is 0 Å². The van der Waals surface area contributed by atoms with Crippen LogP contribution < -0.4 is 0 Å². The van der Waals surface area contributed by atoms with E-state index in [1.54, 1.807) is 0 Å². The molecule has 1 unspecified atom stereocenters. The zero-order valence-corrected chi connectivity index (χ0v) is 32.1. The number of rotatable bonds is 37. The largest absolute Gasteiger partial charge is 0.395 e. The summed E-state index contributed by atoms with van der Waals surface area (Å²) < 4.78 is 6.07. The fraction of sp³-hybridized carbons (Fsp3) is 0.907. The van der Waals surface area contributed by atoms with Gasteiger partial charge >= 0.3 is 0 Å². The minimum absolute atomic E-state index is 0.268. The van der Waals surface area contributed by atoms with Crippen LogP contribution in [-0.4, -0.2) is 67.1 Å². The smallest absolute Gasteiger partial charge is 0.0624 e. The fourth-order valence-corrected chi connectivity index (χ4v) is 7.11. The van der Waals surface area contributed by atoms with Gasteiger partial charge in [-0.05, 0) is 64.2 Å². The summed E-state index contributed by atoms with van der Waals surface area (Å²) in [4.78, 5) is 5.12. The Morgan fingerprint density at radius 3 is 1.30 bits per heavy atom.